The normalized spacial score (nSPS) is 25.8. The summed E-state index contributed by atoms with van der Waals surface area (Å²) in [5.74, 6) is 1.38. The third-order valence-corrected chi connectivity index (χ3v) is 3.62. The van der Waals surface area contributed by atoms with Gasteiger partial charge in [0.15, 0.2) is 0 Å². The van der Waals surface area contributed by atoms with Gasteiger partial charge in [0.25, 0.3) is 0 Å². The minimum Gasteiger partial charge on any atom is -0.378 e. The van der Waals surface area contributed by atoms with Gasteiger partial charge in [-0.25, -0.2) is 0 Å². The van der Waals surface area contributed by atoms with Gasteiger partial charge < -0.3 is 10.5 Å². The Balaban J connectivity index is 2.15. The van der Waals surface area contributed by atoms with Crippen molar-refractivity contribution in [2.45, 2.75) is 65.0 Å². The van der Waals surface area contributed by atoms with E-state index in [1.807, 2.05) is 0 Å². The van der Waals surface area contributed by atoms with Crippen molar-refractivity contribution in [1.29, 1.82) is 0 Å². The van der Waals surface area contributed by atoms with Crippen LogP contribution in [-0.4, -0.2) is 18.8 Å². The molecule has 0 bridgehead atoms. The van der Waals surface area contributed by atoms with Crippen LogP contribution in [0.4, 0.5) is 0 Å². The maximum Gasteiger partial charge on any atom is 0.0576 e. The monoisotopic (exact) mass is 213 g/mol. The predicted molar refractivity (Wildman–Crippen MR) is 64.8 cm³/mol. The Morgan fingerprint density at radius 3 is 2.53 bits per heavy atom. The van der Waals surface area contributed by atoms with Gasteiger partial charge in [0.2, 0.25) is 0 Å². The second kappa shape index (κ2) is 6.49. The lowest BCUT2D eigenvalue weighted by Gasteiger charge is -2.25. The van der Waals surface area contributed by atoms with Crippen molar-refractivity contribution >= 4 is 0 Å². The fraction of sp³-hybridized carbons (Fsp3) is 1.00. The molecule has 2 N–H and O–H groups in total. The molecule has 3 unspecified atom stereocenters. The van der Waals surface area contributed by atoms with E-state index in [0.717, 1.165) is 6.61 Å². The Kier molecular flexibility index (Phi) is 5.62. The first-order chi connectivity index (χ1) is 7.11. The number of rotatable bonds is 6. The summed E-state index contributed by atoms with van der Waals surface area (Å²) in [6, 6.07) is 0.328. The van der Waals surface area contributed by atoms with E-state index in [0.29, 0.717) is 24.0 Å². The molecule has 0 aromatic rings. The van der Waals surface area contributed by atoms with Gasteiger partial charge in [-0.05, 0) is 44.4 Å². The molecule has 1 saturated heterocycles. The third kappa shape index (κ3) is 4.52. The van der Waals surface area contributed by atoms with Crippen molar-refractivity contribution in [2.75, 3.05) is 6.61 Å². The van der Waals surface area contributed by atoms with Crippen LogP contribution in [-0.2, 0) is 4.74 Å². The molecule has 1 rings (SSSR count). The zero-order valence-electron chi connectivity index (χ0n) is 10.5. The quantitative estimate of drug-likeness (QED) is 0.736. The topological polar surface area (TPSA) is 35.2 Å². The Morgan fingerprint density at radius 1 is 1.33 bits per heavy atom. The van der Waals surface area contributed by atoms with Gasteiger partial charge in [-0.3, -0.25) is 0 Å². The molecule has 0 aromatic carbocycles. The highest BCUT2D eigenvalue weighted by atomic mass is 16.5. The van der Waals surface area contributed by atoms with E-state index in [1.165, 1.54) is 32.1 Å². The highest BCUT2D eigenvalue weighted by Gasteiger charge is 2.19. The van der Waals surface area contributed by atoms with Gasteiger partial charge >= 0.3 is 0 Å². The molecule has 15 heavy (non-hydrogen) atoms. The van der Waals surface area contributed by atoms with E-state index in [4.69, 9.17) is 10.5 Å². The highest BCUT2D eigenvalue weighted by Crippen LogP contribution is 2.24. The van der Waals surface area contributed by atoms with E-state index in [1.54, 1.807) is 0 Å². The van der Waals surface area contributed by atoms with Crippen molar-refractivity contribution in [1.82, 2.24) is 0 Å². The molecule has 0 spiro atoms. The van der Waals surface area contributed by atoms with E-state index in [-0.39, 0.29) is 0 Å². The summed E-state index contributed by atoms with van der Waals surface area (Å²) >= 11 is 0. The number of ether oxygens (including phenoxy) is 1. The number of hydrogen-bond acceptors (Lipinski definition) is 2. The van der Waals surface area contributed by atoms with Crippen LogP contribution in [0.3, 0.4) is 0 Å². The van der Waals surface area contributed by atoms with Crippen molar-refractivity contribution < 1.29 is 4.74 Å². The zero-order chi connectivity index (χ0) is 11.3. The third-order valence-electron chi connectivity index (χ3n) is 3.62. The van der Waals surface area contributed by atoms with Gasteiger partial charge in [0.05, 0.1) is 6.10 Å². The lowest BCUT2D eigenvalue weighted by Crippen LogP contribution is -2.30. The molecule has 0 aliphatic carbocycles. The molecule has 2 heteroatoms. The molecular weight excluding hydrogens is 186 g/mol. The maximum absolute atomic E-state index is 6.00. The molecule has 3 atom stereocenters. The molecule has 1 aliphatic heterocycles. The Labute approximate surface area is 94.6 Å². The molecule has 2 nitrogen and oxygen atoms in total. The van der Waals surface area contributed by atoms with Crippen LogP contribution in [0.15, 0.2) is 0 Å². The fourth-order valence-electron chi connectivity index (χ4n) is 2.66. The summed E-state index contributed by atoms with van der Waals surface area (Å²) < 4.78 is 5.62. The first-order valence-electron chi connectivity index (χ1n) is 6.48. The van der Waals surface area contributed by atoms with Gasteiger partial charge in [-0.2, -0.15) is 0 Å². The standard InChI is InChI=1S/C13H27NO/c1-10(2)13(11(3)14)8-4-6-12-7-5-9-15-12/h10-13H,4-9,14H2,1-3H3. The number of hydrogen-bond donors (Lipinski definition) is 1. The minimum absolute atomic E-state index is 0.328. The van der Waals surface area contributed by atoms with Crippen LogP contribution in [0.5, 0.6) is 0 Å². The van der Waals surface area contributed by atoms with Crippen molar-refractivity contribution in [3.8, 4) is 0 Å². The van der Waals surface area contributed by atoms with E-state index in [9.17, 15) is 0 Å². The summed E-state index contributed by atoms with van der Waals surface area (Å²) in [7, 11) is 0. The Morgan fingerprint density at radius 2 is 2.07 bits per heavy atom. The van der Waals surface area contributed by atoms with Crippen LogP contribution in [0.1, 0.15) is 52.9 Å². The molecule has 0 amide bonds. The molecule has 0 saturated carbocycles. The first-order valence-corrected chi connectivity index (χ1v) is 6.48. The largest absolute Gasteiger partial charge is 0.378 e. The summed E-state index contributed by atoms with van der Waals surface area (Å²) in [6.07, 6.45) is 6.84. The zero-order valence-corrected chi connectivity index (χ0v) is 10.5. The molecule has 1 heterocycles. The smallest absolute Gasteiger partial charge is 0.0576 e. The van der Waals surface area contributed by atoms with Gasteiger partial charge in [0.1, 0.15) is 0 Å². The first kappa shape index (κ1) is 13.0. The van der Waals surface area contributed by atoms with Crippen LogP contribution < -0.4 is 5.73 Å². The second-order valence-electron chi connectivity index (χ2n) is 5.33. The van der Waals surface area contributed by atoms with Gasteiger partial charge in [0, 0.05) is 12.6 Å². The Bertz CT molecular complexity index is 154. The predicted octanol–water partition coefficient (Wildman–Crippen LogP) is 2.96. The van der Waals surface area contributed by atoms with Crippen LogP contribution in [0.25, 0.3) is 0 Å². The van der Waals surface area contributed by atoms with Crippen LogP contribution in [0, 0.1) is 11.8 Å². The average Bonchev–Trinajstić information content (AvgIpc) is 2.63. The summed E-state index contributed by atoms with van der Waals surface area (Å²) in [4.78, 5) is 0. The van der Waals surface area contributed by atoms with Gasteiger partial charge in [-0.15, -0.1) is 0 Å². The van der Waals surface area contributed by atoms with Crippen LogP contribution in [0.2, 0.25) is 0 Å². The second-order valence-corrected chi connectivity index (χ2v) is 5.33. The summed E-state index contributed by atoms with van der Waals surface area (Å²) in [6.45, 7) is 7.67. The lowest BCUT2D eigenvalue weighted by molar-refractivity contribution is 0.0993. The van der Waals surface area contributed by atoms with E-state index in [2.05, 4.69) is 20.8 Å². The molecule has 90 valence electrons. The van der Waals surface area contributed by atoms with Crippen LogP contribution >= 0.6 is 0 Å². The summed E-state index contributed by atoms with van der Waals surface area (Å²) in [5.41, 5.74) is 6.00. The Hall–Kier alpha value is -0.0800. The average molecular weight is 213 g/mol. The fourth-order valence-corrected chi connectivity index (χ4v) is 2.66. The van der Waals surface area contributed by atoms with Gasteiger partial charge in [-0.1, -0.05) is 20.3 Å². The number of nitrogens with two attached hydrogens (primary N) is 1. The lowest BCUT2D eigenvalue weighted by atomic mass is 9.85. The van der Waals surface area contributed by atoms with Crippen molar-refractivity contribution in [2.24, 2.45) is 17.6 Å². The van der Waals surface area contributed by atoms with Crippen molar-refractivity contribution in [3.63, 3.8) is 0 Å². The minimum atomic E-state index is 0.328. The molecule has 0 aromatic heterocycles. The van der Waals surface area contributed by atoms with Crippen molar-refractivity contribution in [3.05, 3.63) is 0 Å². The highest BCUT2D eigenvalue weighted by molar-refractivity contribution is 4.73. The summed E-state index contributed by atoms with van der Waals surface area (Å²) in [5, 5.41) is 0. The molecule has 1 aliphatic rings. The molecule has 1 fully saturated rings. The van der Waals surface area contributed by atoms with E-state index < -0.39 is 0 Å². The molecule has 0 radical (unpaired) electrons. The molecular formula is C13H27NO. The SMILES string of the molecule is CC(C)C(CCCC1CCCO1)C(C)N. The van der Waals surface area contributed by atoms with E-state index >= 15 is 0 Å². The maximum atomic E-state index is 6.00.